The first-order chi connectivity index (χ1) is 33.4. The van der Waals surface area contributed by atoms with Gasteiger partial charge >= 0.3 is 0 Å². The zero-order valence-corrected chi connectivity index (χ0v) is 41.9. The quantitative estimate of drug-likeness (QED) is 0.160. The number of hydrogen-bond acceptors (Lipinski definition) is 12. The number of anilines is 4. The molecular weight excluding hydrogens is 891 g/mol. The number of nitrogens with zero attached hydrogens (tertiary/aromatic N) is 10. The van der Waals surface area contributed by atoms with Gasteiger partial charge in [0.05, 0.1) is 22.6 Å². The predicted molar refractivity (Wildman–Crippen MR) is 269 cm³/mol. The summed E-state index contributed by atoms with van der Waals surface area (Å²) in [5.74, 6) is 0.647. The second kappa shape index (κ2) is 20.3. The summed E-state index contributed by atoms with van der Waals surface area (Å²) in [5, 5.41) is 20.7. The van der Waals surface area contributed by atoms with Crippen LogP contribution in [0.25, 0.3) is 0 Å². The van der Waals surface area contributed by atoms with Gasteiger partial charge in [-0.15, -0.1) is 0 Å². The van der Waals surface area contributed by atoms with Gasteiger partial charge in [0.1, 0.15) is 23.0 Å². The Morgan fingerprint density at radius 3 is 1.26 bits per heavy atom. The molecule has 6 aliphatic rings. The second-order valence-corrected chi connectivity index (χ2v) is 21.7. The number of aromatic nitrogens is 4. The molecule has 70 heavy (non-hydrogen) atoms. The fourth-order valence-corrected chi connectivity index (χ4v) is 11.1. The Hall–Kier alpha value is -5.48. The van der Waals surface area contributed by atoms with Crippen LogP contribution in [0.1, 0.15) is 137 Å². The van der Waals surface area contributed by atoms with Crippen molar-refractivity contribution >= 4 is 35.1 Å². The van der Waals surface area contributed by atoms with E-state index in [1.54, 1.807) is 36.7 Å². The van der Waals surface area contributed by atoms with Crippen molar-refractivity contribution in [2.45, 2.75) is 166 Å². The van der Waals surface area contributed by atoms with Gasteiger partial charge in [0.2, 0.25) is 11.9 Å². The minimum Gasteiger partial charge on any atom is -0.390 e. The van der Waals surface area contributed by atoms with Crippen LogP contribution >= 0.6 is 0 Å². The van der Waals surface area contributed by atoms with Gasteiger partial charge in [-0.2, -0.15) is 0 Å². The molecule has 0 unspecified atom stereocenters. The molecule has 0 bridgehead atoms. The Balaban J connectivity index is 0.000000174. The zero-order valence-electron chi connectivity index (χ0n) is 41.9. The van der Waals surface area contributed by atoms with E-state index in [0.717, 1.165) is 62.5 Å². The third kappa shape index (κ3) is 11.3. The number of hydrogen-bond donors (Lipinski definition) is 2. The lowest BCUT2D eigenvalue weighted by atomic mass is 9.83. The van der Waals surface area contributed by atoms with E-state index < -0.39 is 11.2 Å². The van der Waals surface area contributed by atoms with Gasteiger partial charge in [-0.25, -0.2) is 28.7 Å². The molecule has 2 amide bonds. The van der Waals surface area contributed by atoms with E-state index in [1.807, 2.05) is 61.8 Å². The molecule has 4 saturated carbocycles. The van der Waals surface area contributed by atoms with Crippen LogP contribution < -0.4 is 19.6 Å². The largest absolute Gasteiger partial charge is 0.390 e. The Labute approximate surface area is 412 Å². The van der Waals surface area contributed by atoms with Crippen molar-refractivity contribution in [1.82, 2.24) is 29.7 Å². The topological polar surface area (TPSA) is 146 Å². The Morgan fingerprint density at radius 1 is 0.571 bits per heavy atom. The van der Waals surface area contributed by atoms with E-state index in [4.69, 9.17) is 9.97 Å². The minimum absolute atomic E-state index is 0.0318. The van der Waals surface area contributed by atoms with Crippen LogP contribution in [0.2, 0.25) is 0 Å². The minimum atomic E-state index is -0.628. The molecule has 2 saturated heterocycles. The zero-order chi connectivity index (χ0) is 49.5. The lowest BCUT2D eigenvalue weighted by Crippen LogP contribution is -2.53. The Morgan fingerprint density at radius 2 is 0.929 bits per heavy atom. The molecule has 6 fully saturated rings. The lowest BCUT2D eigenvalue weighted by molar-refractivity contribution is -0.00513. The number of carbonyl (C=O) groups is 2. The Bertz CT molecular complexity index is 2330. The average molecular weight is 963 g/mol. The number of benzene rings is 2. The number of piperazine rings is 2. The smallest absolute Gasteiger partial charge is 0.273 e. The molecule has 376 valence electrons. The molecule has 10 rings (SSSR count). The molecular formula is C54H72F2N10O4. The molecule has 2 atom stereocenters. The summed E-state index contributed by atoms with van der Waals surface area (Å²) in [5.41, 5.74) is 2.67. The van der Waals surface area contributed by atoms with E-state index in [9.17, 15) is 28.6 Å². The van der Waals surface area contributed by atoms with Gasteiger partial charge in [0.15, 0.2) is 0 Å². The number of carbonyl (C=O) groups excluding carboxylic acids is 2. The second-order valence-electron chi connectivity index (χ2n) is 21.7. The van der Waals surface area contributed by atoms with E-state index in [0.29, 0.717) is 99.6 Å². The number of amides is 2. The van der Waals surface area contributed by atoms with Crippen LogP contribution in [-0.4, -0.2) is 138 Å². The van der Waals surface area contributed by atoms with Crippen LogP contribution in [0.15, 0.2) is 60.9 Å². The summed E-state index contributed by atoms with van der Waals surface area (Å²) in [4.78, 5) is 58.0. The molecule has 2 aromatic carbocycles. The van der Waals surface area contributed by atoms with Crippen molar-refractivity contribution in [2.75, 3.05) is 58.9 Å². The number of aliphatic hydroxyl groups is 2. The highest BCUT2D eigenvalue weighted by atomic mass is 19.1. The van der Waals surface area contributed by atoms with Gasteiger partial charge < -0.3 is 39.6 Å². The van der Waals surface area contributed by atoms with Gasteiger partial charge in [-0.3, -0.25) is 9.59 Å². The summed E-state index contributed by atoms with van der Waals surface area (Å²) < 4.78 is 29.1. The number of halogens is 2. The van der Waals surface area contributed by atoms with E-state index in [-0.39, 0.29) is 59.7 Å². The maximum absolute atomic E-state index is 14.5. The highest BCUT2D eigenvalue weighted by molar-refractivity contribution is 5.94. The van der Waals surface area contributed by atoms with Crippen LogP contribution in [0.4, 0.5) is 32.1 Å². The molecule has 0 radical (unpaired) electrons. The molecule has 4 aliphatic carbocycles. The first-order valence-corrected chi connectivity index (χ1v) is 25.8. The van der Waals surface area contributed by atoms with E-state index >= 15 is 0 Å². The lowest BCUT2D eigenvalue weighted by Gasteiger charge is -2.41. The summed E-state index contributed by atoms with van der Waals surface area (Å²) in [6.45, 7) is 15.6. The number of aryl methyl sites for hydroxylation is 2. The Kier molecular flexibility index (Phi) is 14.4. The summed E-state index contributed by atoms with van der Waals surface area (Å²) in [7, 11) is 0. The van der Waals surface area contributed by atoms with Gasteiger partial charge in [0, 0.05) is 87.9 Å². The van der Waals surface area contributed by atoms with Crippen molar-refractivity contribution < 1.29 is 28.6 Å². The highest BCUT2D eigenvalue weighted by Crippen LogP contribution is 2.39. The maximum atomic E-state index is 14.5. The molecule has 14 nitrogen and oxygen atoms in total. The van der Waals surface area contributed by atoms with Crippen molar-refractivity contribution in [1.29, 1.82) is 0 Å². The molecule has 2 N–H and O–H groups in total. The van der Waals surface area contributed by atoms with Gasteiger partial charge in [-0.05, 0) is 166 Å². The summed E-state index contributed by atoms with van der Waals surface area (Å²) >= 11 is 0. The highest BCUT2D eigenvalue weighted by Gasteiger charge is 2.43. The SMILES string of the molecule is Cc1ccc(N2CCN(c3nccc(C(=O)N(C4CC4)C4CCC(C)(O)CC4)n3)[C@H](C)C2)c(F)c1.Cc1ccc(N2CCN(c3nccc(C(=O)N(C4CC4)C4CCC(C)(O)CC4)n3)[C@H](C)C2)c(F)c1. The summed E-state index contributed by atoms with van der Waals surface area (Å²) in [6.07, 6.45) is 13.6. The van der Waals surface area contributed by atoms with Crippen molar-refractivity contribution in [3.63, 3.8) is 0 Å². The van der Waals surface area contributed by atoms with E-state index in [1.165, 1.54) is 0 Å². The van der Waals surface area contributed by atoms with Gasteiger partial charge in [0.25, 0.3) is 11.8 Å². The molecule has 16 heteroatoms. The van der Waals surface area contributed by atoms with Crippen LogP contribution in [0.3, 0.4) is 0 Å². The third-order valence-electron chi connectivity index (χ3n) is 15.6. The van der Waals surface area contributed by atoms with Crippen LogP contribution in [0, 0.1) is 25.5 Å². The standard InChI is InChI=1S/2C27H36FN5O2/c2*1-18-4-7-24(22(28)16-18)31-14-15-32(19(2)17-31)26-29-13-10-23(30-26)25(34)33(20-5-6-20)21-8-11-27(3,35)12-9-21/h2*4,7,10,13,16,19-21,35H,5-6,8-9,11-12,14-15,17H2,1-3H3/t2*19-,21?,27?/m11/s1. The summed E-state index contributed by atoms with van der Waals surface area (Å²) in [6, 6.07) is 15.1. The van der Waals surface area contributed by atoms with E-state index in [2.05, 4.69) is 43.4 Å². The van der Waals surface area contributed by atoms with Crippen LogP contribution in [0.5, 0.6) is 0 Å². The first-order valence-electron chi connectivity index (χ1n) is 25.8. The van der Waals surface area contributed by atoms with Crippen molar-refractivity contribution in [3.05, 3.63) is 95.1 Å². The maximum Gasteiger partial charge on any atom is 0.273 e. The van der Waals surface area contributed by atoms with Crippen LogP contribution in [-0.2, 0) is 0 Å². The monoisotopic (exact) mass is 963 g/mol. The first kappa shape index (κ1) is 49.5. The molecule has 2 aromatic heterocycles. The van der Waals surface area contributed by atoms with Crippen molar-refractivity contribution in [3.8, 4) is 0 Å². The normalized spacial score (nSPS) is 27.1. The predicted octanol–water partition coefficient (Wildman–Crippen LogP) is 7.87. The fourth-order valence-electron chi connectivity index (χ4n) is 11.1. The molecule has 4 aromatic rings. The fraction of sp³-hybridized carbons (Fsp3) is 0.593. The number of rotatable bonds is 10. The van der Waals surface area contributed by atoms with Crippen molar-refractivity contribution in [2.24, 2.45) is 0 Å². The third-order valence-corrected chi connectivity index (χ3v) is 15.6. The molecule has 2 aliphatic heterocycles. The van der Waals surface area contributed by atoms with Gasteiger partial charge in [-0.1, -0.05) is 12.1 Å². The molecule has 4 heterocycles. The molecule has 0 spiro atoms. The average Bonchev–Trinajstić information content (AvgIpc) is 4.28.